The van der Waals surface area contributed by atoms with Crippen LogP contribution in [0.4, 0.5) is 18.0 Å². The molecule has 13 nitrogen and oxygen atoms in total. The van der Waals surface area contributed by atoms with Crippen LogP contribution in [0.25, 0.3) is 5.70 Å². The second-order valence-electron chi connectivity index (χ2n) is 6.63. The quantitative estimate of drug-likeness (QED) is 0.460. The number of nitrogens with one attached hydrogen (secondary N) is 1. The minimum absolute atomic E-state index is 0.0234. The van der Waals surface area contributed by atoms with Gasteiger partial charge in [0.15, 0.2) is 0 Å². The zero-order valence-corrected chi connectivity index (χ0v) is 16.9. The van der Waals surface area contributed by atoms with Gasteiger partial charge in [0.25, 0.3) is 0 Å². The molecule has 3 heterocycles. The van der Waals surface area contributed by atoms with Gasteiger partial charge in [-0.25, -0.2) is 14.3 Å². The lowest BCUT2D eigenvalue weighted by Gasteiger charge is -2.21. The van der Waals surface area contributed by atoms with E-state index in [-0.39, 0.29) is 37.0 Å². The van der Waals surface area contributed by atoms with Crippen molar-refractivity contribution >= 4 is 34.0 Å². The average molecular weight is 482 g/mol. The molecule has 0 radical (unpaired) electrons. The molecular formula is C15H17F3N6O7S. The number of amides is 3. The summed E-state index contributed by atoms with van der Waals surface area (Å²) in [6.07, 6.45) is -2.67. The Labute approximate surface area is 178 Å². The molecule has 2 aliphatic rings. The molecule has 0 spiro atoms. The van der Waals surface area contributed by atoms with Crippen molar-refractivity contribution in [3.05, 3.63) is 24.0 Å². The lowest BCUT2D eigenvalue weighted by molar-refractivity contribution is -0.191. The zero-order valence-electron chi connectivity index (χ0n) is 16.1. The molecule has 1 unspecified atom stereocenters. The SMILES string of the molecule is NCCNC(=O)Cc1ccn(C2=CC3CN(C2)C(=O)N3OS(=O)(=O)OC(=O)C(F)(F)F)n1. The number of carbonyl (C=O) groups is 3. The topological polar surface area (TPSA) is 166 Å². The first kappa shape index (κ1) is 23.5. The van der Waals surface area contributed by atoms with Gasteiger partial charge in [-0.15, -0.1) is 4.28 Å². The Morgan fingerprint density at radius 1 is 1.34 bits per heavy atom. The summed E-state index contributed by atoms with van der Waals surface area (Å²) in [5.41, 5.74) is 6.13. The highest BCUT2D eigenvalue weighted by atomic mass is 32.3. The van der Waals surface area contributed by atoms with Gasteiger partial charge in [0, 0.05) is 25.8 Å². The normalized spacial score (nSPS) is 18.6. The molecule has 176 valence electrons. The highest BCUT2D eigenvalue weighted by molar-refractivity contribution is 7.82. The van der Waals surface area contributed by atoms with E-state index in [4.69, 9.17) is 5.73 Å². The predicted octanol–water partition coefficient (Wildman–Crippen LogP) is -1.26. The van der Waals surface area contributed by atoms with Crippen LogP contribution in [0.5, 0.6) is 0 Å². The number of rotatable bonds is 8. The third-order valence-electron chi connectivity index (χ3n) is 4.23. The number of urea groups is 1. The average Bonchev–Trinajstić information content (AvgIpc) is 3.24. The highest BCUT2D eigenvalue weighted by Crippen LogP contribution is 2.28. The number of aromatic nitrogens is 2. The van der Waals surface area contributed by atoms with Gasteiger partial charge in [-0.2, -0.15) is 31.8 Å². The van der Waals surface area contributed by atoms with Gasteiger partial charge < -0.3 is 20.1 Å². The second-order valence-corrected chi connectivity index (χ2v) is 7.76. The lowest BCUT2D eigenvalue weighted by Crippen LogP contribution is -2.38. The highest BCUT2D eigenvalue weighted by Gasteiger charge is 2.48. The molecule has 1 fully saturated rings. The summed E-state index contributed by atoms with van der Waals surface area (Å²) in [6, 6.07) is -0.432. The van der Waals surface area contributed by atoms with Gasteiger partial charge in [0.2, 0.25) is 5.91 Å². The van der Waals surface area contributed by atoms with E-state index in [2.05, 4.69) is 18.9 Å². The maximum absolute atomic E-state index is 12.3. The molecule has 1 aromatic rings. The number of hydrogen-bond acceptors (Lipinski definition) is 9. The van der Waals surface area contributed by atoms with E-state index in [1.165, 1.54) is 17.0 Å². The molecule has 0 saturated carbocycles. The van der Waals surface area contributed by atoms with E-state index in [1.54, 1.807) is 6.07 Å². The number of hydroxylamine groups is 2. The molecule has 32 heavy (non-hydrogen) atoms. The molecular weight excluding hydrogens is 465 g/mol. The van der Waals surface area contributed by atoms with Crippen molar-refractivity contribution in [3.8, 4) is 0 Å². The lowest BCUT2D eigenvalue weighted by atomic mass is 10.2. The summed E-state index contributed by atoms with van der Waals surface area (Å²) < 4.78 is 69.0. The van der Waals surface area contributed by atoms with Crippen molar-refractivity contribution in [3.63, 3.8) is 0 Å². The van der Waals surface area contributed by atoms with Crippen LogP contribution in [0.2, 0.25) is 0 Å². The van der Waals surface area contributed by atoms with Crippen LogP contribution in [-0.4, -0.2) is 84.5 Å². The van der Waals surface area contributed by atoms with E-state index >= 15 is 0 Å². The van der Waals surface area contributed by atoms with Crippen molar-refractivity contribution in [2.75, 3.05) is 26.2 Å². The fraction of sp³-hybridized carbons (Fsp3) is 0.467. The molecule has 3 rings (SSSR count). The van der Waals surface area contributed by atoms with Crippen molar-refractivity contribution in [2.45, 2.75) is 18.6 Å². The maximum atomic E-state index is 12.3. The van der Waals surface area contributed by atoms with Crippen molar-refractivity contribution in [2.24, 2.45) is 5.73 Å². The smallest absolute Gasteiger partial charge is 0.354 e. The summed E-state index contributed by atoms with van der Waals surface area (Å²) in [5, 5.41) is 7.09. The monoisotopic (exact) mass is 482 g/mol. The van der Waals surface area contributed by atoms with Crippen molar-refractivity contribution in [1.29, 1.82) is 0 Å². The number of halogens is 3. The van der Waals surface area contributed by atoms with E-state index in [0.717, 1.165) is 4.90 Å². The van der Waals surface area contributed by atoms with Crippen LogP contribution in [0.1, 0.15) is 5.69 Å². The Kier molecular flexibility index (Phi) is 6.42. The third-order valence-corrected chi connectivity index (χ3v) is 4.93. The fourth-order valence-electron chi connectivity index (χ4n) is 2.93. The first-order chi connectivity index (χ1) is 14.9. The van der Waals surface area contributed by atoms with Gasteiger partial charge in [-0.3, -0.25) is 4.79 Å². The maximum Gasteiger partial charge on any atom is 0.492 e. The number of alkyl halides is 3. The summed E-state index contributed by atoms with van der Waals surface area (Å²) in [4.78, 5) is 36.0. The number of nitrogens with zero attached hydrogens (tertiary/aromatic N) is 4. The molecule has 0 aliphatic carbocycles. The minimum atomic E-state index is -5.57. The Bertz CT molecular complexity index is 1050. The van der Waals surface area contributed by atoms with Crippen molar-refractivity contribution in [1.82, 2.24) is 25.1 Å². The van der Waals surface area contributed by atoms with E-state index in [1.807, 2.05) is 0 Å². The molecule has 3 amide bonds. The molecule has 2 aliphatic heterocycles. The molecule has 17 heteroatoms. The van der Waals surface area contributed by atoms with E-state index in [9.17, 15) is 36.0 Å². The molecule has 1 atom stereocenters. The Balaban J connectivity index is 1.70. The Morgan fingerprint density at radius 2 is 2.06 bits per heavy atom. The van der Waals surface area contributed by atoms with E-state index in [0.29, 0.717) is 17.9 Å². The van der Waals surface area contributed by atoms with E-state index < -0.39 is 34.6 Å². The standard InChI is InChI=1S/C15H17F3N6O7S/c16-15(17,18)13(26)30-32(28,29)31-24-11-6-10(7-22(8-11)14(24)27)23-4-1-9(21-23)5-12(25)20-3-2-19/h1,4,6,11H,2-3,5,7-8,19H2,(H,20,25). The first-order valence-corrected chi connectivity index (χ1v) is 10.3. The molecule has 0 aromatic carbocycles. The number of hydrogen-bond donors (Lipinski definition) is 2. The van der Waals surface area contributed by atoms with Crippen LogP contribution < -0.4 is 11.1 Å². The summed E-state index contributed by atoms with van der Waals surface area (Å²) >= 11 is 0. The third kappa shape index (κ3) is 5.35. The fourth-order valence-corrected chi connectivity index (χ4v) is 3.61. The molecule has 1 aromatic heterocycles. The zero-order chi connectivity index (χ0) is 23.7. The number of fused-ring (bicyclic) bond motifs is 2. The van der Waals surface area contributed by atoms with Gasteiger partial charge >= 0.3 is 28.6 Å². The Hall–Kier alpha value is -3.18. The van der Waals surface area contributed by atoms with Crippen molar-refractivity contribution < 1.29 is 44.4 Å². The van der Waals surface area contributed by atoms with Gasteiger partial charge in [-0.05, 0) is 12.1 Å². The van der Waals surface area contributed by atoms with Crippen LogP contribution in [0, 0.1) is 0 Å². The second kappa shape index (κ2) is 8.75. The summed E-state index contributed by atoms with van der Waals surface area (Å²) in [5.74, 6) is -3.31. The summed E-state index contributed by atoms with van der Waals surface area (Å²) in [6.45, 7) is 0.529. The minimum Gasteiger partial charge on any atom is -0.354 e. The van der Waals surface area contributed by atoms with Gasteiger partial charge in [-0.1, -0.05) is 0 Å². The van der Waals surface area contributed by atoms with Crippen LogP contribution in [0.3, 0.4) is 0 Å². The molecule has 2 bridgehead atoms. The largest absolute Gasteiger partial charge is 0.492 e. The number of nitrogens with two attached hydrogens (primary N) is 1. The van der Waals surface area contributed by atoms with Crippen LogP contribution in [0.15, 0.2) is 18.3 Å². The summed E-state index contributed by atoms with van der Waals surface area (Å²) in [7, 11) is -5.51. The number of carbonyl (C=O) groups excluding carboxylic acids is 3. The van der Waals surface area contributed by atoms with Crippen LogP contribution >= 0.6 is 0 Å². The molecule has 1 saturated heterocycles. The first-order valence-electron chi connectivity index (χ1n) is 8.95. The van der Waals surface area contributed by atoms with Gasteiger partial charge in [0.05, 0.1) is 24.4 Å². The molecule has 3 N–H and O–H groups in total. The predicted molar refractivity (Wildman–Crippen MR) is 97.0 cm³/mol. The Morgan fingerprint density at radius 3 is 2.72 bits per heavy atom. The van der Waals surface area contributed by atoms with Crippen LogP contribution in [-0.2, 0) is 34.9 Å². The van der Waals surface area contributed by atoms with Gasteiger partial charge in [0.1, 0.15) is 6.04 Å².